The van der Waals surface area contributed by atoms with Crippen LogP contribution in [0.2, 0.25) is 0 Å². The molecule has 0 radical (unpaired) electrons. The number of methoxy groups -OCH3 is 1. The third kappa shape index (κ3) is 4.55. The Morgan fingerprint density at radius 1 is 1.35 bits per heavy atom. The first kappa shape index (κ1) is 20.2. The van der Waals surface area contributed by atoms with Crippen LogP contribution in [-0.2, 0) is 4.74 Å². The molecule has 2 heterocycles. The van der Waals surface area contributed by atoms with E-state index in [1.807, 2.05) is 30.3 Å². The molecule has 1 aliphatic rings. The van der Waals surface area contributed by atoms with Crippen molar-refractivity contribution in [3.05, 3.63) is 42.2 Å². The van der Waals surface area contributed by atoms with Gasteiger partial charge < -0.3 is 20.5 Å². The number of amides is 1. The fraction of sp³-hybridized carbons (Fsp3) is 0.444. The molecular formula is C18H25ClN4O3. The van der Waals surface area contributed by atoms with E-state index >= 15 is 0 Å². The van der Waals surface area contributed by atoms with Crippen molar-refractivity contribution >= 4 is 18.3 Å². The number of carbonyl (C=O) groups is 1. The van der Waals surface area contributed by atoms with Crippen LogP contribution in [0.3, 0.4) is 0 Å². The normalized spacial score (nSPS) is 15.9. The minimum atomic E-state index is -0.374. The van der Waals surface area contributed by atoms with Crippen LogP contribution in [0.25, 0.3) is 5.69 Å². The predicted octanol–water partition coefficient (Wildman–Crippen LogP) is 1.75. The smallest absolute Gasteiger partial charge is 0.275 e. The van der Waals surface area contributed by atoms with E-state index in [9.17, 15) is 9.90 Å². The van der Waals surface area contributed by atoms with Crippen LogP contribution in [0.1, 0.15) is 23.3 Å². The van der Waals surface area contributed by atoms with Gasteiger partial charge in [0.05, 0.1) is 18.5 Å². The zero-order valence-corrected chi connectivity index (χ0v) is 15.6. The fourth-order valence-electron chi connectivity index (χ4n) is 3.23. The number of ether oxygens (including phenoxy) is 1. The summed E-state index contributed by atoms with van der Waals surface area (Å²) < 4.78 is 6.86. The maximum absolute atomic E-state index is 12.5. The number of nitrogens with one attached hydrogen (secondary N) is 2. The zero-order valence-electron chi connectivity index (χ0n) is 14.8. The van der Waals surface area contributed by atoms with Gasteiger partial charge in [0.1, 0.15) is 0 Å². The highest BCUT2D eigenvalue weighted by molar-refractivity contribution is 5.94. The lowest BCUT2D eigenvalue weighted by Crippen LogP contribution is -2.47. The molecule has 1 aliphatic heterocycles. The van der Waals surface area contributed by atoms with Crippen LogP contribution in [0.4, 0.5) is 0 Å². The first-order chi connectivity index (χ1) is 12.1. The molecule has 1 amide bonds. The predicted molar refractivity (Wildman–Crippen MR) is 101 cm³/mol. The third-order valence-electron chi connectivity index (χ3n) is 4.67. The Bertz CT molecular complexity index is 709. The highest BCUT2D eigenvalue weighted by Gasteiger charge is 2.33. The van der Waals surface area contributed by atoms with Gasteiger partial charge in [0, 0.05) is 19.1 Å². The molecule has 7 nitrogen and oxygen atoms in total. The lowest BCUT2D eigenvalue weighted by molar-refractivity contribution is 0.0510. The number of halogens is 1. The Labute approximate surface area is 159 Å². The standard InChI is InChI=1S/C18H24N4O3.ClH/c1-25-13-18(7-9-19-10-8-18)12-20-17(24)16-15(23)11-22(21-16)14-5-3-2-4-6-14;/h2-6,11,19,23H,7-10,12-13H2,1H3,(H,20,24);1H. The summed E-state index contributed by atoms with van der Waals surface area (Å²) in [6, 6.07) is 9.36. The molecule has 0 saturated carbocycles. The van der Waals surface area contributed by atoms with Gasteiger partial charge >= 0.3 is 0 Å². The van der Waals surface area contributed by atoms with Crippen molar-refractivity contribution in [3.63, 3.8) is 0 Å². The number of para-hydroxylation sites is 1. The van der Waals surface area contributed by atoms with Gasteiger partial charge in [0.2, 0.25) is 0 Å². The molecule has 8 heteroatoms. The van der Waals surface area contributed by atoms with Gasteiger partial charge in [-0.05, 0) is 38.1 Å². The molecule has 1 aromatic heterocycles. The molecule has 26 heavy (non-hydrogen) atoms. The first-order valence-electron chi connectivity index (χ1n) is 8.45. The summed E-state index contributed by atoms with van der Waals surface area (Å²) >= 11 is 0. The monoisotopic (exact) mass is 380 g/mol. The molecular weight excluding hydrogens is 356 g/mol. The summed E-state index contributed by atoms with van der Waals surface area (Å²) in [5.41, 5.74) is 0.740. The number of aromatic hydroxyl groups is 1. The molecule has 2 aromatic rings. The quantitative estimate of drug-likeness (QED) is 0.710. The highest BCUT2D eigenvalue weighted by atomic mass is 35.5. The molecule has 3 rings (SSSR count). The maximum atomic E-state index is 12.5. The third-order valence-corrected chi connectivity index (χ3v) is 4.67. The molecule has 0 aliphatic carbocycles. The van der Waals surface area contributed by atoms with E-state index in [1.165, 1.54) is 10.9 Å². The summed E-state index contributed by atoms with van der Waals surface area (Å²) in [6.45, 7) is 2.92. The number of piperidine rings is 1. The number of carbonyl (C=O) groups excluding carboxylic acids is 1. The molecule has 1 saturated heterocycles. The van der Waals surface area contributed by atoms with Crippen molar-refractivity contribution < 1.29 is 14.6 Å². The second-order valence-corrected chi connectivity index (χ2v) is 6.51. The first-order valence-corrected chi connectivity index (χ1v) is 8.45. The molecule has 1 aromatic carbocycles. The van der Waals surface area contributed by atoms with Gasteiger partial charge in [-0.15, -0.1) is 12.4 Å². The number of benzene rings is 1. The average molecular weight is 381 g/mol. The number of hydrogen-bond acceptors (Lipinski definition) is 5. The molecule has 0 atom stereocenters. The van der Waals surface area contributed by atoms with Crippen LogP contribution in [0.5, 0.6) is 5.75 Å². The Balaban J connectivity index is 0.00000243. The summed E-state index contributed by atoms with van der Waals surface area (Å²) in [5, 5.41) is 20.6. The number of nitrogens with zero attached hydrogens (tertiary/aromatic N) is 2. The van der Waals surface area contributed by atoms with Gasteiger partial charge in [0.15, 0.2) is 11.4 Å². The second-order valence-electron chi connectivity index (χ2n) is 6.51. The van der Waals surface area contributed by atoms with Gasteiger partial charge in [0.25, 0.3) is 5.91 Å². The lowest BCUT2D eigenvalue weighted by Gasteiger charge is -2.37. The Morgan fingerprint density at radius 2 is 2.04 bits per heavy atom. The number of hydrogen-bond donors (Lipinski definition) is 3. The largest absolute Gasteiger partial charge is 0.504 e. The van der Waals surface area contributed by atoms with Crippen LogP contribution >= 0.6 is 12.4 Å². The average Bonchev–Trinajstić information content (AvgIpc) is 3.03. The number of rotatable bonds is 6. The van der Waals surface area contributed by atoms with Gasteiger partial charge in [-0.2, -0.15) is 5.10 Å². The van der Waals surface area contributed by atoms with E-state index in [1.54, 1.807) is 7.11 Å². The van der Waals surface area contributed by atoms with Crippen LogP contribution in [-0.4, -0.2) is 54.1 Å². The SMILES string of the molecule is COCC1(CNC(=O)c2nn(-c3ccccc3)cc2O)CCNCC1.Cl. The van der Waals surface area contributed by atoms with Crippen molar-refractivity contribution in [3.8, 4) is 11.4 Å². The topological polar surface area (TPSA) is 88.4 Å². The van der Waals surface area contributed by atoms with Crippen LogP contribution in [0.15, 0.2) is 36.5 Å². The van der Waals surface area contributed by atoms with Crippen molar-refractivity contribution in [1.29, 1.82) is 0 Å². The van der Waals surface area contributed by atoms with E-state index in [0.29, 0.717) is 13.2 Å². The fourth-order valence-corrected chi connectivity index (χ4v) is 3.23. The lowest BCUT2D eigenvalue weighted by atomic mass is 9.79. The molecule has 0 bridgehead atoms. The second kappa shape index (κ2) is 9.02. The molecule has 1 fully saturated rings. The summed E-state index contributed by atoms with van der Waals surface area (Å²) in [6.07, 6.45) is 3.32. The van der Waals surface area contributed by atoms with E-state index in [2.05, 4.69) is 15.7 Å². The minimum Gasteiger partial charge on any atom is -0.504 e. The Kier molecular flexibility index (Phi) is 7.02. The summed E-state index contributed by atoms with van der Waals surface area (Å²) in [7, 11) is 1.68. The van der Waals surface area contributed by atoms with E-state index in [0.717, 1.165) is 31.6 Å². The molecule has 3 N–H and O–H groups in total. The zero-order chi connectivity index (χ0) is 17.7. The maximum Gasteiger partial charge on any atom is 0.275 e. The van der Waals surface area contributed by atoms with E-state index < -0.39 is 0 Å². The van der Waals surface area contributed by atoms with Crippen molar-refractivity contribution in [2.45, 2.75) is 12.8 Å². The summed E-state index contributed by atoms with van der Waals surface area (Å²) in [4.78, 5) is 12.5. The van der Waals surface area contributed by atoms with Gasteiger partial charge in [-0.25, -0.2) is 4.68 Å². The number of aromatic nitrogens is 2. The highest BCUT2D eigenvalue weighted by Crippen LogP contribution is 2.28. The summed E-state index contributed by atoms with van der Waals surface area (Å²) in [5.74, 6) is -0.506. The van der Waals surface area contributed by atoms with Crippen molar-refractivity contribution in [2.75, 3.05) is 33.4 Å². The van der Waals surface area contributed by atoms with E-state index in [4.69, 9.17) is 4.74 Å². The molecule has 0 unspecified atom stereocenters. The molecule has 142 valence electrons. The van der Waals surface area contributed by atoms with E-state index in [-0.39, 0.29) is 35.2 Å². The van der Waals surface area contributed by atoms with Gasteiger partial charge in [-0.3, -0.25) is 4.79 Å². The van der Waals surface area contributed by atoms with Crippen molar-refractivity contribution in [2.24, 2.45) is 5.41 Å². The van der Waals surface area contributed by atoms with Crippen LogP contribution in [0, 0.1) is 5.41 Å². The molecule has 0 spiro atoms. The Hall–Kier alpha value is -2.09. The van der Waals surface area contributed by atoms with Crippen LogP contribution < -0.4 is 10.6 Å². The van der Waals surface area contributed by atoms with Crippen molar-refractivity contribution in [1.82, 2.24) is 20.4 Å². The van der Waals surface area contributed by atoms with Gasteiger partial charge in [-0.1, -0.05) is 18.2 Å². The minimum absolute atomic E-state index is 0. The Morgan fingerprint density at radius 3 is 2.69 bits per heavy atom.